The molecule has 0 bridgehead atoms. The number of aromatic carboxylic acids is 1. The Bertz CT molecular complexity index is 792. The number of rotatable bonds is 4. The smallest absolute Gasteiger partial charge is 0.345 e. The fraction of sp³-hybridized carbons (Fsp3) is 0.286. The molecule has 108 valence electrons. The molecule has 0 saturated heterocycles. The zero-order chi connectivity index (χ0) is 15.0. The molecule has 3 rings (SSSR count). The molecule has 7 heteroatoms. The summed E-state index contributed by atoms with van der Waals surface area (Å²) in [6, 6.07) is 1.69. The highest BCUT2D eigenvalue weighted by atomic mass is 32.1. The Labute approximate surface area is 125 Å². The van der Waals surface area contributed by atoms with Crippen molar-refractivity contribution in [3.8, 4) is 5.82 Å². The lowest BCUT2D eigenvalue weighted by atomic mass is 10.1. The van der Waals surface area contributed by atoms with E-state index < -0.39 is 5.97 Å². The van der Waals surface area contributed by atoms with Gasteiger partial charge >= 0.3 is 5.97 Å². The first-order chi connectivity index (χ1) is 10.1. The molecule has 3 heterocycles. The lowest BCUT2D eigenvalue weighted by Crippen LogP contribution is -2.02. The first kappa shape index (κ1) is 13.7. The Morgan fingerprint density at radius 3 is 2.86 bits per heavy atom. The van der Waals surface area contributed by atoms with E-state index in [2.05, 4.69) is 28.9 Å². The number of carbonyl (C=O) groups is 1. The van der Waals surface area contributed by atoms with Gasteiger partial charge in [-0.1, -0.05) is 13.8 Å². The Kier molecular flexibility index (Phi) is 3.42. The van der Waals surface area contributed by atoms with Crippen LogP contribution in [0.5, 0.6) is 0 Å². The average Bonchev–Trinajstić information content (AvgIpc) is 3.00. The van der Waals surface area contributed by atoms with Gasteiger partial charge in [0.15, 0.2) is 5.82 Å². The van der Waals surface area contributed by atoms with Gasteiger partial charge in [-0.3, -0.25) is 4.98 Å². The molecular weight excluding hydrogens is 288 g/mol. The van der Waals surface area contributed by atoms with Crippen LogP contribution in [0.4, 0.5) is 0 Å². The lowest BCUT2D eigenvalue weighted by Gasteiger charge is -2.01. The van der Waals surface area contributed by atoms with Crippen LogP contribution in [0.25, 0.3) is 16.0 Å². The molecule has 0 aliphatic heterocycles. The van der Waals surface area contributed by atoms with Crippen molar-refractivity contribution in [2.45, 2.75) is 20.3 Å². The van der Waals surface area contributed by atoms with Gasteiger partial charge in [-0.05, 0) is 18.4 Å². The summed E-state index contributed by atoms with van der Waals surface area (Å²) in [5, 5.41) is 14.7. The maximum absolute atomic E-state index is 11.2. The van der Waals surface area contributed by atoms with Gasteiger partial charge in [0, 0.05) is 17.8 Å². The normalized spacial score (nSPS) is 11.4. The molecule has 21 heavy (non-hydrogen) atoms. The topological polar surface area (TPSA) is 80.9 Å². The Morgan fingerprint density at radius 1 is 1.43 bits per heavy atom. The van der Waals surface area contributed by atoms with E-state index in [1.807, 2.05) is 0 Å². The third-order valence-electron chi connectivity index (χ3n) is 3.02. The molecule has 0 unspecified atom stereocenters. The predicted octanol–water partition coefficient (Wildman–Crippen LogP) is 2.77. The number of carboxylic acids is 1. The second kappa shape index (κ2) is 5.25. The van der Waals surface area contributed by atoms with E-state index in [-0.39, 0.29) is 0 Å². The van der Waals surface area contributed by atoms with Crippen LogP contribution in [0.3, 0.4) is 0 Å². The minimum absolute atomic E-state index is 0.310. The maximum Gasteiger partial charge on any atom is 0.345 e. The van der Waals surface area contributed by atoms with Crippen LogP contribution in [-0.2, 0) is 6.42 Å². The SMILES string of the molecule is CC(C)Cc1nn(-c2cnccn2)c2sc(C(=O)O)cc12. The van der Waals surface area contributed by atoms with Crippen LogP contribution in [0.15, 0.2) is 24.7 Å². The highest BCUT2D eigenvalue weighted by Gasteiger charge is 2.19. The summed E-state index contributed by atoms with van der Waals surface area (Å²) >= 11 is 1.21. The zero-order valence-electron chi connectivity index (χ0n) is 11.6. The third-order valence-corrected chi connectivity index (χ3v) is 4.11. The summed E-state index contributed by atoms with van der Waals surface area (Å²) in [6.07, 6.45) is 5.60. The van der Waals surface area contributed by atoms with E-state index >= 15 is 0 Å². The van der Waals surface area contributed by atoms with Crippen LogP contribution in [-0.4, -0.2) is 30.8 Å². The van der Waals surface area contributed by atoms with E-state index in [4.69, 9.17) is 0 Å². The van der Waals surface area contributed by atoms with Crippen LogP contribution < -0.4 is 0 Å². The number of fused-ring (bicyclic) bond motifs is 1. The maximum atomic E-state index is 11.2. The summed E-state index contributed by atoms with van der Waals surface area (Å²) in [5.41, 5.74) is 0.898. The summed E-state index contributed by atoms with van der Waals surface area (Å²) in [5.74, 6) is 0.111. The highest BCUT2D eigenvalue weighted by Crippen LogP contribution is 2.31. The molecule has 0 spiro atoms. The highest BCUT2D eigenvalue weighted by molar-refractivity contribution is 7.20. The number of nitrogens with zero attached hydrogens (tertiary/aromatic N) is 4. The molecule has 0 radical (unpaired) electrons. The molecule has 0 aliphatic rings. The van der Waals surface area contributed by atoms with Crippen molar-refractivity contribution >= 4 is 27.5 Å². The average molecular weight is 302 g/mol. The van der Waals surface area contributed by atoms with Crippen LogP contribution >= 0.6 is 11.3 Å². The van der Waals surface area contributed by atoms with Crippen LogP contribution in [0.1, 0.15) is 29.2 Å². The summed E-state index contributed by atoms with van der Waals surface area (Å²) in [4.78, 5) is 20.6. The van der Waals surface area contributed by atoms with Gasteiger partial charge in [-0.25, -0.2) is 14.5 Å². The van der Waals surface area contributed by atoms with Gasteiger partial charge in [-0.2, -0.15) is 5.10 Å². The van der Waals surface area contributed by atoms with Gasteiger partial charge in [0.2, 0.25) is 0 Å². The molecule has 3 aromatic rings. The third kappa shape index (κ3) is 2.52. The largest absolute Gasteiger partial charge is 0.477 e. The van der Waals surface area contributed by atoms with Crippen molar-refractivity contribution in [1.82, 2.24) is 19.7 Å². The minimum Gasteiger partial charge on any atom is -0.477 e. The van der Waals surface area contributed by atoms with E-state index in [1.54, 1.807) is 29.3 Å². The summed E-state index contributed by atoms with van der Waals surface area (Å²) in [7, 11) is 0. The number of thiophene rings is 1. The fourth-order valence-electron chi connectivity index (χ4n) is 2.16. The van der Waals surface area contributed by atoms with Crippen molar-refractivity contribution in [3.63, 3.8) is 0 Å². The molecule has 3 aromatic heterocycles. The Balaban J connectivity index is 2.21. The van der Waals surface area contributed by atoms with Crippen molar-refractivity contribution in [2.75, 3.05) is 0 Å². The van der Waals surface area contributed by atoms with E-state index in [0.29, 0.717) is 16.6 Å². The number of aromatic nitrogens is 4. The summed E-state index contributed by atoms with van der Waals surface area (Å²) < 4.78 is 1.68. The molecule has 0 fully saturated rings. The van der Waals surface area contributed by atoms with Gasteiger partial charge in [-0.15, -0.1) is 11.3 Å². The molecule has 0 aromatic carbocycles. The zero-order valence-corrected chi connectivity index (χ0v) is 12.5. The van der Waals surface area contributed by atoms with Crippen molar-refractivity contribution in [3.05, 3.63) is 35.2 Å². The fourth-order valence-corrected chi connectivity index (χ4v) is 3.14. The van der Waals surface area contributed by atoms with Crippen molar-refractivity contribution in [1.29, 1.82) is 0 Å². The molecule has 0 atom stereocenters. The molecule has 0 saturated carbocycles. The van der Waals surface area contributed by atoms with Crippen molar-refractivity contribution < 1.29 is 9.90 Å². The van der Waals surface area contributed by atoms with Gasteiger partial charge in [0.25, 0.3) is 0 Å². The molecular formula is C14H14N4O2S. The van der Waals surface area contributed by atoms with Crippen molar-refractivity contribution in [2.24, 2.45) is 5.92 Å². The molecule has 6 nitrogen and oxygen atoms in total. The second-order valence-corrected chi connectivity index (χ2v) is 6.19. The number of hydrogen-bond donors (Lipinski definition) is 1. The first-order valence-electron chi connectivity index (χ1n) is 6.57. The monoisotopic (exact) mass is 302 g/mol. The van der Waals surface area contributed by atoms with E-state index in [9.17, 15) is 9.90 Å². The minimum atomic E-state index is -0.919. The second-order valence-electron chi connectivity index (χ2n) is 5.15. The molecule has 0 aliphatic carbocycles. The molecule has 0 amide bonds. The quantitative estimate of drug-likeness (QED) is 0.801. The van der Waals surface area contributed by atoms with Gasteiger partial charge < -0.3 is 5.11 Å². The first-order valence-corrected chi connectivity index (χ1v) is 7.39. The van der Waals surface area contributed by atoms with E-state index in [0.717, 1.165) is 22.3 Å². The number of hydrogen-bond acceptors (Lipinski definition) is 5. The van der Waals surface area contributed by atoms with Crippen LogP contribution in [0, 0.1) is 5.92 Å². The lowest BCUT2D eigenvalue weighted by molar-refractivity contribution is 0.0702. The predicted molar refractivity (Wildman–Crippen MR) is 80.0 cm³/mol. The standard InChI is InChI=1S/C14H14N4O2S/c1-8(2)5-10-9-6-11(14(19)20)21-13(9)18(17-10)12-7-15-3-4-16-12/h3-4,6-8H,5H2,1-2H3,(H,19,20). The van der Waals surface area contributed by atoms with Gasteiger partial charge in [0.05, 0.1) is 11.9 Å². The summed E-state index contributed by atoms with van der Waals surface area (Å²) in [6.45, 7) is 4.22. The Hall–Kier alpha value is -2.28. The van der Waals surface area contributed by atoms with E-state index in [1.165, 1.54) is 11.3 Å². The van der Waals surface area contributed by atoms with Crippen LogP contribution in [0.2, 0.25) is 0 Å². The molecule has 1 N–H and O–H groups in total. The Morgan fingerprint density at radius 2 is 2.24 bits per heavy atom. The van der Waals surface area contributed by atoms with Gasteiger partial charge in [0.1, 0.15) is 9.71 Å². The number of carboxylic acid groups (broad SMARTS) is 1.